The van der Waals surface area contributed by atoms with Gasteiger partial charge in [-0.1, -0.05) is 0 Å². The van der Waals surface area contributed by atoms with Crippen molar-refractivity contribution in [2.45, 2.75) is 38.8 Å². The lowest BCUT2D eigenvalue weighted by Gasteiger charge is -2.28. The molecule has 1 aliphatic rings. The predicted molar refractivity (Wildman–Crippen MR) is 73.3 cm³/mol. The van der Waals surface area contributed by atoms with Crippen LogP contribution < -0.4 is 0 Å². The minimum Gasteiger partial charge on any atom is -0.378 e. The maximum Gasteiger partial charge on any atom is 0.179 e. The van der Waals surface area contributed by atoms with Gasteiger partial charge in [-0.25, -0.2) is 4.98 Å². The highest BCUT2D eigenvalue weighted by atomic mass is 32.1. The summed E-state index contributed by atoms with van der Waals surface area (Å²) in [5.41, 5.74) is 3.21. The number of aryl methyl sites for hydroxylation is 1. The van der Waals surface area contributed by atoms with E-state index in [0.29, 0.717) is 12.1 Å². The zero-order chi connectivity index (χ0) is 12.7. The number of nitrogens with one attached hydrogen (secondary N) is 1. The van der Waals surface area contributed by atoms with Crippen LogP contribution in [0.25, 0.3) is 11.2 Å². The van der Waals surface area contributed by atoms with Crippen molar-refractivity contribution in [3.63, 3.8) is 0 Å². The van der Waals surface area contributed by atoms with Crippen LogP contribution in [0.5, 0.6) is 0 Å². The monoisotopic (exact) mass is 263 g/mol. The Morgan fingerprint density at radius 2 is 2.39 bits per heavy atom. The van der Waals surface area contributed by atoms with Crippen molar-refractivity contribution in [2.75, 3.05) is 6.61 Å². The molecule has 1 saturated heterocycles. The van der Waals surface area contributed by atoms with Crippen LogP contribution in [-0.2, 0) is 4.74 Å². The van der Waals surface area contributed by atoms with Crippen LogP contribution >= 0.6 is 12.2 Å². The van der Waals surface area contributed by atoms with E-state index >= 15 is 0 Å². The van der Waals surface area contributed by atoms with Gasteiger partial charge in [0.2, 0.25) is 0 Å². The van der Waals surface area contributed by atoms with E-state index in [2.05, 4.69) is 28.4 Å². The number of H-pyrrole nitrogens is 1. The highest BCUT2D eigenvalue weighted by Crippen LogP contribution is 2.28. The van der Waals surface area contributed by atoms with E-state index in [4.69, 9.17) is 17.0 Å². The molecule has 0 aromatic carbocycles. The van der Waals surface area contributed by atoms with Gasteiger partial charge in [-0.2, -0.15) is 0 Å². The fourth-order valence-electron chi connectivity index (χ4n) is 2.69. The Kier molecular flexibility index (Phi) is 2.95. The normalized spacial score (nSPS) is 24.6. The number of ether oxygens (including phenoxy) is 1. The highest BCUT2D eigenvalue weighted by molar-refractivity contribution is 7.71. The van der Waals surface area contributed by atoms with Crippen molar-refractivity contribution >= 4 is 23.4 Å². The van der Waals surface area contributed by atoms with E-state index in [0.717, 1.165) is 35.4 Å². The number of hydrogen-bond acceptors (Lipinski definition) is 3. The summed E-state index contributed by atoms with van der Waals surface area (Å²) in [6.45, 7) is 4.99. The molecule has 0 bridgehead atoms. The third kappa shape index (κ3) is 1.87. The number of hydrogen-bond donors (Lipinski definition) is 1. The lowest BCUT2D eigenvalue weighted by Crippen LogP contribution is -2.25. The molecule has 1 N–H and O–H groups in total. The molecule has 0 radical (unpaired) electrons. The summed E-state index contributed by atoms with van der Waals surface area (Å²) < 4.78 is 8.54. The van der Waals surface area contributed by atoms with Gasteiger partial charge in [0.1, 0.15) is 0 Å². The number of aromatic amines is 1. The van der Waals surface area contributed by atoms with Crippen LogP contribution in [0.3, 0.4) is 0 Å². The topological polar surface area (TPSA) is 42.8 Å². The fraction of sp³-hybridized carbons (Fsp3) is 0.538. The molecular weight excluding hydrogens is 246 g/mol. The van der Waals surface area contributed by atoms with E-state index in [9.17, 15) is 0 Å². The lowest BCUT2D eigenvalue weighted by atomic mass is 10.0. The average Bonchev–Trinajstić information content (AvgIpc) is 2.67. The molecular formula is C13H17N3OS. The van der Waals surface area contributed by atoms with Crippen LogP contribution in [-0.4, -0.2) is 27.2 Å². The molecule has 2 aromatic rings. The lowest BCUT2D eigenvalue weighted by molar-refractivity contribution is 0.00638. The van der Waals surface area contributed by atoms with Crippen molar-refractivity contribution in [1.29, 1.82) is 0 Å². The Labute approximate surface area is 111 Å². The first-order valence-electron chi connectivity index (χ1n) is 6.34. The molecule has 2 atom stereocenters. The van der Waals surface area contributed by atoms with Gasteiger partial charge >= 0.3 is 0 Å². The molecule has 18 heavy (non-hydrogen) atoms. The van der Waals surface area contributed by atoms with Crippen LogP contribution in [0, 0.1) is 11.7 Å². The maximum atomic E-state index is 5.60. The molecule has 0 saturated carbocycles. The minimum absolute atomic E-state index is 0.292. The van der Waals surface area contributed by atoms with Crippen LogP contribution in [0.2, 0.25) is 0 Å². The molecule has 1 aliphatic heterocycles. The summed E-state index contributed by atoms with van der Waals surface area (Å²) in [5, 5.41) is 0. The Bertz CT molecular complexity index is 631. The second kappa shape index (κ2) is 4.48. The molecule has 0 aliphatic carbocycles. The summed E-state index contributed by atoms with van der Waals surface area (Å²) in [6, 6.07) is 2.40. The van der Waals surface area contributed by atoms with Crippen LogP contribution in [0.15, 0.2) is 12.3 Å². The number of rotatable bonds is 1. The first kappa shape index (κ1) is 11.9. The fourth-order valence-corrected chi connectivity index (χ4v) is 3.03. The van der Waals surface area contributed by atoms with Gasteiger partial charge in [-0.15, -0.1) is 0 Å². The smallest absolute Gasteiger partial charge is 0.179 e. The molecule has 3 rings (SSSR count). The highest BCUT2D eigenvalue weighted by Gasteiger charge is 2.23. The largest absolute Gasteiger partial charge is 0.378 e. The number of nitrogens with zero attached hydrogens (tertiary/aromatic N) is 2. The SMILES string of the molecule is Cc1ccnc2c1[nH]c(=S)n2C1CCOC(C)C1. The Morgan fingerprint density at radius 1 is 1.56 bits per heavy atom. The van der Waals surface area contributed by atoms with Gasteiger partial charge < -0.3 is 9.72 Å². The van der Waals surface area contributed by atoms with Gasteiger partial charge in [-0.3, -0.25) is 4.57 Å². The third-order valence-corrected chi connectivity index (χ3v) is 3.94. The molecule has 1 fully saturated rings. The maximum absolute atomic E-state index is 5.60. The molecule has 0 amide bonds. The quantitative estimate of drug-likeness (QED) is 0.804. The summed E-state index contributed by atoms with van der Waals surface area (Å²) in [6.07, 6.45) is 4.14. The number of imidazole rings is 1. The van der Waals surface area contributed by atoms with E-state index in [1.54, 1.807) is 0 Å². The van der Waals surface area contributed by atoms with E-state index < -0.39 is 0 Å². The number of fused-ring (bicyclic) bond motifs is 1. The molecule has 5 heteroatoms. The first-order valence-corrected chi connectivity index (χ1v) is 6.75. The van der Waals surface area contributed by atoms with Gasteiger partial charge in [0.15, 0.2) is 10.4 Å². The van der Waals surface area contributed by atoms with E-state index in [1.807, 2.05) is 12.3 Å². The van der Waals surface area contributed by atoms with Crippen molar-refractivity contribution < 1.29 is 4.74 Å². The molecule has 2 unspecified atom stereocenters. The van der Waals surface area contributed by atoms with Crippen molar-refractivity contribution in [3.8, 4) is 0 Å². The van der Waals surface area contributed by atoms with Gasteiger partial charge in [-0.05, 0) is 50.5 Å². The summed E-state index contributed by atoms with van der Waals surface area (Å²) >= 11 is 5.46. The zero-order valence-electron chi connectivity index (χ0n) is 10.6. The molecule has 0 spiro atoms. The van der Waals surface area contributed by atoms with Crippen molar-refractivity contribution in [3.05, 3.63) is 22.6 Å². The van der Waals surface area contributed by atoms with Gasteiger partial charge in [0.25, 0.3) is 0 Å². The van der Waals surface area contributed by atoms with Gasteiger partial charge in [0, 0.05) is 18.8 Å². The number of aromatic nitrogens is 3. The average molecular weight is 263 g/mol. The molecule has 2 aromatic heterocycles. The Morgan fingerprint density at radius 3 is 3.17 bits per heavy atom. The number of pyridine rings is 1. The summed E-state index contributed by atoms with van der Waals surface area (Å²) in [5.74, 6) is 0. The van der Waals surface area contributed by atoms with Crippen molar-refractivity contribution in [2.24, 2.45) is 0 Å². The predicted octanol–water partition coefficient (Wildman–Crippen LogP) is 3.14. The second-order valence-electron chi connectivity index (χ2n) is 4.99. The first-order chi connectivity index (χ1) is 8.66. The minimum atomic E-state index is 0.292. The van der Waals surface area contributed by atoms with Crippen LogP contribution in [0.1, 0.15) is 31.4 Å². The molecule has 3 heterocycles. The third-order valence-electron chi connectivity index (χ3n) is 3.64. The van der Waals surface area contributed by atoms with Gasteiger partial charge in [0.05, 0.1) is 11.6 Å². The molecule has 4 nitrogen and oxygen atoms in total. The van der Waals surface area contributed by atoms with E-state index in [1.165, 1.54) is 5.56 Å². The summed E-state index contributed by atoms with van der Waals surface area (Å²) in [4.78, 5) is 7.77. The standard InChI is InChI=1S/C13H17N3OS/c1-8-3-5-14-12-11(8)15-13(18)16(12)10-4-6-17-9(2)7-10/h3,5,9-10H,4,6-7H2,1-2H3,(H,15,18). The Hall–Kier alpha value is -1.20. The molecule has 96 valence electrons. The zero-order valence-corrected chi connectivity index (χ0v) is 11.5. The second-order valence-corrected chi connectivity index (χ2v) is 5.37. The van der Waals surface area contributed by atoms with Crippen molar-refractivity contribution in [1.82, 2.24) is 14.5 Å². The van der Waals surface area contributed by atoms with E-state index in [-0.39, 0.29) is 0 Å². The van der Waals surface area contributed by atoms with Crippen LogP contribution in [0.4, 0.5) is 0 Å². The summed E-state index contributed by atoms with van der Waals surface area (Å²) in [7, 11) is 0. The Balaban J connectivity index is 2.14.